The fourth-order valence-corrected chi connectivity index (χ4v) is 2.99. The predicted octanol–water partition coefficient (Wildman–Crippen LogP) is 3.27. The number of fused-ring (bicyclic) bond motifs is 1. The maximum absolute atomic E-state index is 11.2. The van der Waals surface area contributed by atoms with E-state index in [2.05, 4.69) is 15.3 Å². The van der Waals surface area contributed by atoms with E-state index < -0.39 is 4.92 Å². The van der Waals surface area contributed by atoms with Crippen molar-refractivity contribution in [2.24, 2.45) is 0 Å². The van der Waals surface area contributed by atoms with Gasteiger partial charge >= 0.3 is 5.69 Å². The van der Waals surface area contributed by atoms with Gasteiger partial charge in [0.05, 0.1) is 21.7 Å². The zero-order valence-corrected chi connectivity index (χ0v) is 11.2. The van der Waals surface area contributed by atoms with E-state index >= 15 is 0 Å². The summed E-state index contributed by atoms with van der Waals surface area (Å²) in [5.74, 6) is 0. The van der Waals surface area contributed by atoms with Crippen molar-refractivity contribution in [3.05, 3.63) is 44.3 Å². The highest BCUT2D eigenvalue weighted by Gasteiger charge is 2.20. The first-order chi connectivity index (χ1) is 9.25. The largest absolute Gasteiger partial charge is 0.373 e. The Morgan fingerprint density at radius 1 is 1.32 bits per heavy atom. The number of hydrogen-bond donors (Lipinski definition) is 1. The molecule has 0 spiro atoms. The molecule has 2 heterocycles. The number of nitrogens with zero attached hydrogens (tertiary/aromatic N) is 3. The molecule has 0 amide bonds. The van der Waals surface area contributed by atoms with Gasteiger partial charge in [-0.05, 0) is 12.1 Å². The van der Waals surface area contributed by atoms with Crippen LogP contribution in [0.25, 0.3) is 10.2 Å². The van der Waals surface area contributed by atoms with Gasteiger partial charge in [0.25, 0.3) is 0 Å². The molecule has 0 aliphatic heterocycles. The van der Waals surface area contributed by atoms with Crippen LogP contribution in [0.4, 0.5) is 11.4 Å². The molecule has 0 aliphatic rings. The lowest BCUT2D eigenvalue weighted by Gasteiger charge is -2.05. The molecule has 3 rings (SSSR count). The van der Waals surface area contributed by atoms with Gasteiger partial charge in [-0.25, -0.2) is 9.97 Å². The van der Waals surface area contributed by atoms with Gasteiger partial charge in [0, 0.05) is 11.6 Å². The molecule has 2 aromatic heterocycles. The number of thiazole rings is 2. The Bertz CT molecular complexity index is 723. The number of aromatic nitrogens is 2. The quantitative estimate of drug-likeness (QED) is 0.589. The lowest BCUT2D eigenvalue weighted by atomic mass is 10.2. The molecule has 6 nitrogen and oxygen atoms in total. The minimum Gasteiger partial charge on any atom is -0.373 e. The summed E-state index contributed by atoms with van der Waals surface area (Å²) in [6.07, 6.45) is 1.71. The lowest BCUT2D eigenvalue weighted by molar-refractivity contribution is -0.382. The van der Waals surface area contributed by atoms with Crippen LogP contribution in [0.1, 0.15) is 5.01 Å². The van der Waals surface area contributed by atoms with Gasteiger partial charge in [-0.15, -0.1) is 22.7 Å². The Labute approximate surface area is 115 Å². The first kappa shape index (κ1) is 12.0. The topological polar surface area (TPSA) is 81.0 Å². The van der Waals surface area contributed by atoms with Crippen LogP contribution in [-0.4, -0.2) is 14.9 Å². The minimum absolute atomic E-state index is 0.0234. The molecule has 1 aromatic carbocycles. The van der Waals surface area contributed by atoms with Crippen molar-refractivity contribution in [1.82, 2.24) is 9.97 Å². The second-order valence-corrected chi connectivity index (χ2v) is 5.56. The van der Waals surface area contributed by atoms with Crippen molar-refractivity contribution in [2.45, 2.75) is 6.54 Å². The maximum atomic E-state index is 11.2. The van der Waals surface area contributed by atoms with Crippen LogP contribution in [0.15, 0.2) is 29.2 Å². The van der Waals surface area contributed by atoms with E-state index in [0.29, 0.717) is 17.7 Å². The molecule has 19 heavy (non-hydrogen) atoms. The fourth-order valence-electron chi connectivity index (χ4n) is 1.76. The Hall–Kier alpha value is -2.06. The van der Waals surface area contributed by atoms with E-state index in [1.807, 2.05) is 11.4 Å². The van der Waals surface area contributed by atoms with Crippen LogP contribution in [0.5, 0.6) is 0 Å². The summed E-state index contributed by atoms with van der Waals surface area (Å²) in [6.45, 7) is 0.466. The molecule has 0 atom stereocenters. The Morgan fingerprint density at radius 3 is 2.95 bits per heavy atom. The lowest BCUT2D eigenvalue weighted by Crippen LogP contribution is -2.02. The molecule has 0 saturated heterocycles. The average molecular weight is 292 g/mol. The summed E-state index contributed by atoms with van der Waals surface area (Å²) in [4.78, 5) is 19.0. The normalized spacial score (nSPS) is 10.7. The van der Waals surface area contributed by atoms with E-state index in [1.54, 1.807) is 17.8 Å². The van der Waals surface area contributed by atoms with Gasteiger partial charge in [-0.2, -0.15) is 0 Å². The van der Waals surface area contributed by atoms with Crippen LogP contribution in [0.2, 0.25) is 0 Å². The van der Waals surface area contributed by atoms with Gasteiger partial charge in [0.2, 0.25) is 0 Å². The number of hydrogen-bond acceptors (Lipinski definition) is 7. The zero-order chi connectivity index (χ0) is 13.2. The molecule has 0 saturated carbocycles. The van der Waals surface area contributed by atoms with Crippen molar-refractivity contribution in [3.63, 3.8) is 0 Å². The molecule has 0 fully saturated rings. The highest BCUT2D eigenvalue weighted by Crippen LogP contribution is 2.34. The van der Waals surface area contributed by atoms with Crippen molar-refractivity contribution < 1.29 is 4.92 Å². The third kappa shape index (κ3) is 2.27. The monoisotopic (exact) mass is 292 g/mol. The molecule has 3 aromatic rings. The SMILES string of the molecule is O=[N+]([O-])c1c(NCc2nccs2)ccc2scnc12. The van der Waals surface area contributed by atoms with Crippen molar-refractivity contribution in [1.29, 1.82) is 0 Å². The number of anilines is 1. The summed E-state index contributed by atoms with van der Waals surface area (Å²) in [7, 11) is 0. The smallest absolute Gasteiger partial charge is 0.319 e. The van der Waals surface area contributed by atoms with Gasteiger partial charge in [0.15, 0.2) is 5.52 Å². The van der Waals surface area contributed by atoms with Gasteiger partial charge < -0.3 is 5.32 Å². The minimum atomic E-state index is -0.397. The Kier molecular flexibility index (Phi) is 3.10. The molecule has 1 N–H and O–H groups in total. The van der Waals surface area contributed by atoms with E-state index in [0.717, 1.165) is 9.71 Å². The van der Waals surface area contributed by atoms with Gasteiger partial charge in [-0.1, -0.05) is 0 Å². The van der Waals surface area contributed by atoms with Crippen LogP contribution in [0, 0.1) is 10.1 Å². The number of nitro groups is 1. The summed E-state index contributed by atoms with van der Waals surface area (Å²) < 4.78 is 0.812. The average Bonchev–Trinajstić information content (AvgIpc) is 3.06. The van der Waals surface area contributed by atoms with Gasteiger partial charge in [-0.3, -0.25) is 10.1 Å². The predicted molar refractivity (Wildman–Crippen MR) is 75.7 cm³/mol. The molecule has 0 radical (unpaired) electrons. The molecule has 0 bridgehead atoms. The van der Waals surface area contributed by atoms with Crippen LogP contribution >= 0.6 is 22.7 Å². The molecular weight excluding hydrogens is 284 g/mol. The third-order valence-electron chi connectivity index (χ3n) is 2.57. The molecule has 8 heteroatoms. The summed E-state index contributed by atoms with van der Waals surface area (Å²) >= 11 is 2.89. The van der Waals surface area contributed by atoms with Crippen molar-refractivity contribution >= 4 is 44.3 Å². The number of benzene rings is 1. The number of nitrogens with one attached hydrogen (secondary N) is 1. The van der Waals surface area contributed by atoms with E-state index in [1.165, 1.54) is 22.7 Å². The third-order valence-corrected chi connectivity index (χ3v) is 4.15. The molecule has 0 unspecified atom stereocenters. The van der Waals surface area contributed by atoms with Crippen LogP contribution < -0.4 is 5.32 Å². The van der Waals surface area contributed by atoms with Crippen LogP contribution in [-0.2, 0) is 6.54 Å². The number of nitro benzene ring substituents is 1. The first-order valence-electron chi connectivity index (χ1n) is 5.38. The van der Waals surface area contributed by atoms with E-state index in [9.17, 15) is 10.1 Å². The molecular formula is C11H8N4O2S2. The molecule has 96 valence electrons. The molecule has 0 aliphatic carbocycles. The Morgan fingerprint density at radius 2 is 2.21 bits per heavy atom. The van der Waals surface area contributed by atoms with Crippen LogP contribution in [0.3, 0.4) is 0 Å². The van der Waals surface area contributed by atoms with Crippen molar-refractivity contribution in [2.75, 3.05) is 5.32 Å². The highest BCUT2D eigenvalue weighted by atomic mass is 32.1. The first-order valence-corrected chi connectivity index (χ1v) is 7.14. The standard InChI is InChI=1S/C11H8N4O2S2/c16-15(17)11-7(13-5-9-12-3-4-18-9)1-2-8-10(11)14-6-19-8/h1-4,6,13H,5H2. The summed E-state index contributed by atoms with van der Waals surface area (Å²) in [5, 5.41) is 17.0. The Balaban J connectivity index is 1.97. The van der Waals surface area contributed by atoms with Crippen molar-refractivity contribution in [3.8, 4) is 0 Å². The highest BCUT2D eigenvalue weighted by molar-refractivity contribution is 7.16. The second kappa shape index (κ2) is 4.90. The zero-order valence-electron chi connectivity index (χ0n) is 9.57. The summed E-state index contributed by atoms with van der Waals surface area (Å²) in [6, 6.07) is 3.55. The fraction of sp³-hybridized carbons (Fsp3) is 0.0909. The van der Waals surface area contributed by atoms with E-state index in [4.69, 9.17) is 0 Å². The second-order valence-electron chi connectivity index (χ2n) is 3.70. The maximum Gasteiger partial charge on any atom is 0.319 e. The number of rotatable bonds is 4. The van der Waals surface area contributed by atoms with E-state index in [-0.39, 0.29) is 5.69 Å². The summed E-state index contributed by atoms with van der Waals surface area (Å²) in [5.41, 5.74) is 2.54. The van der Waals surface area contributed by atoms with Gasteiger partial charge in [0.1, 0.15) is 10.7 Å².